The molecule has 0 aliphatic heterocycles. The quantitative estimate of drug-likeness (QED) is 0.528. The van der Waals surface area contributed by atoms with Gasteiger partial charge in [-0.1, -0.05) is 24.3 Å². The molecule has 0 unspecified atom stereocenters. The second-order valence-electron chi connectivity index (χ2n) is 6.59. The van der Waals surface area contributed by atoms with E-state index in [4.69, 9.17) is 0 Å². The van der Waals surface area contributed by atoms with Gasteiger partial charge >= 0.3 is 5.69 Å². The van der Waals surface area contributed by atoms with Crippen LogP contribution in [0.25, 0.3) is 11.0 Å². The summed E-state index contributed by atoms with van der Waals surface area (Å²) in [5.41, 5.74) is 2.15. The van der Waals surface area contributed by atoms with Gasteiger partial charge in [0.05, 0.1) is 11.0 Å². The largest absolute Gasteiger partial charge is 0.329 e. The molecule has 0 saturated carbocycles. The van der Waals surface area contributed by atoms with Crippen LogP contribution in [0.5, 0.6) is 0 Å². The Hall–Kier alpha value is -3.26. The Labute approximate surface area is 170 Å². The van der Waals surface area contributed by atoms with E-state index in [1.807, 2.05) is 37.3 Å². The maximum atomic E-state index is 13.3. The number of hydrogen-bond donors (Lipinski definition) is 1. The lowest BCUT2D eigenvalue weighted by Crippen LogP contribution is -2.29. The van der Waals surface area contributed by atoms with E-state index >= 15 is 0 Å². The number of benzene rings is 2. The van der Waals surface area contributed by atoms with Crippen molar-refractivity contribution in [1.82, 2.24) is 14.1 Å². The number of para-hydroxylation sites is 2. The number of rotatable bonds is 6. The zero-order valence-electron chi connectivity index (χ0n) is 15.8. The highest BCUT2D eigenvalue weighted by atomic mass is 32.1. The molecule has 0 radical (unpaired) electrons. The highest BCUT2D eigenvalue weighted by Gasteiger charge is 2.15. The number of thiazole rings is 1. The average molecular weight is 410 g/mol. The summed E-state index contributed by atoms with van der Waals surface area (Å²) in [5.74, 6) is -0.602. The molecule has 0 fully saturated rings. The normalized spacial score (nSPS) is 11.1. The van der Waals surface area contributed by atoms with E-state index in [0.717, 1.165) is 21.5 Å². The number of imidazole rings is 1. The van der Waals surface area contributed by atoms with Crippen LogP contribution in [0.3, 0.4) is 0 Å². The van der Waals surface area contributed by atoms with Crippen molar-refractivity contribution < 1.29 is 9.18 Å². The van der Waals surface area contributed by atoms with E-state index in [1.54, 1.807) is 16.8 Å². The summed E-state index contributed by atoms with van der Waals surface area (Å²) in [6, 6.07) is 13.8. The van der Waals surface area contributed by atoms with E-state index in [1.165, 1.54) is 28.0 Å². The number of aryl methyl sites for hydroxylation is 1. The molecule has 6 nitrogen and oxygen atoms in total. The molecule has 2 aromatic heterocycles. The molecule has 29 heavy (non-hydrogen) atoms. The number of hydrogen-bond acceptors (Lipinski definition) is 4. The van der Waals surface area contributed by atoms with Crippen LogP contribution in [0, 0.1) is 5.82 Å². The predicted octanol–water partition coefficient (Wildman–Crippen LogP) is 3.65. The first-order chi connectivity index (χ1) is 14.0. The first-order valence-corrected chi connectivity index (χ1v) is 10.0. The van der Waals surface area contributed by atoms with Crippen LogP contribution in [-0.4, -0.2) is 20.0 Å². The van der Waals surface area contributed by atoms with Crippen molar-refractivity contribution in [2.75, 3.05) is 5.32 Å². The molecule has 1 N–H and O–H groups in total. The summed E-state index contributed by atoms with van der Waals surface area (Å²) < 4.78 is 16.4. The van der Waals surface area contributed by atoms with E-state index in [2.05, 4.69) is 10.3 Å². The summed E-state index contributed by atoms with van der Waals surface area (Å²) >= 11 is 1.33. The highest BCUT2D eigenvalue weighted by Crippen LogP contribution is 2.22. The minimum Gasteiger partial charge on any atom is -0.300 e. The van der Waals surface area contributed by atoms with E-state index in [0.29, 0.717) is 18.1 Å². The smallest absolute Gasteiger partial charge is 0.300 e. The summed E-state index contributed by atoms with van der Waals surface area (Å²) in [4.78, 5) is 30.3. The van der Waals surface area contributed by atoms with Gasteiger partial charge in [-0.3, -0.25) is 13.9 Å². The van der Waals surface area contributed by atoms with Gasteiger partial charge in [-0.25, -0.2) is 14.2 Å². The number of nitrogens with one attached hydrogen (secondary N) is 1. The van der Waals surface area contributed by atoms with Crippen molar-refractivity contribution in [3.05, 3.63) is 81.5 Å². The molecule has 1 amide bonds. The number of carbonyl (C=O) groups is 1. The zero-order valence-corrected chi connectivity index (χ0v) is 16.6. The fourth-order valence-corrected chi connectivity index (χ4v) is 4.19. The van der Waals surface area contributed by atoms with Crippen LogP contribution < -0.4 is 11.0 Å². The first-order valence-electron chi connectivity index (χ1n) is 9.22. The Kier molecular flexibility index (Phi) is 5.26. The monoisotopic (exact) mass is 410 g/mol. The van der Waals surface area contributed by atoms with Gasteiger partial charge in [0.1, 0.15) is 12.4 Å². The topological polar surface area (TPSA) is 68.9 Å². The van der Waals surface area contributed by atoms with Crippen LogP contribution in [0.4, 0.5) is 9.52 Å². The Morgan fingerprint density at radius 1 is 1.14 bits per heavy atom. The van der Waals surface area contributed by atoms with Crippen LogP contribution in [0.1, 0.15) is 17.4 Å². The Bertz CT molecular complexity index is 1240. The van der Waals surface area contributed by atoms with Crippen LogP contribution in [0.2, 0.25) is 0 Å². The molecule has 4 aromatic rings. The molecular weight excluding hydrogens is 391 g/mol. The van der Waals surface area contributed by atoms with Gasteiger partial charge in [-0.15, -0.1) is 11.3 Å². The number of nitrogens with zero attached hydrogens (tertiary/aromatic N) is 3. The molecule has 2 heterocycles. The number of amides is 1. The molecule has 0 aliphatic rings. The lowest BCUT2D eigenvalue weighted by Gasteiger charge is -2.03. The summed E-state index contributed by atoms with van der Waals surface area (Å²) in [5, 5.41) is 3.21. The van der Waals surface area contributed by atoms with Crippen molar-refractivity contribution in [1.29, 1.82) is 0 Å². The standard InChI is InChI=1S/C21H19FN4O2S/c1-2-25-17-8-3-4-9-18(17)26(21(25)28)13-19(27)24-20-23-12-16(29-20)11-14-6-5-7-15(22)10-14/h3-10,12H,2,11,13H2,1H3,(H,23,24,27). The zero-order chi connectivity index (χ0) is 20.4. The van der Waals surface area contributed by atoms with Crippen molar-refractivity contribution in [2.24, 2.45) is 0 Å². The minimum atomic E-state index is -0.322. The predicted molar refractivity (Wildman–Crippen MR) is 112 cm³/mol. The van der Waals surface area contributed by atoms with Crippen LogP contribution in [0.15, 0.2) is 59.5 Å². The molecule has 0 aliphatic carbocycles. The van der Waals surface area contributed by atoms with Gasteiger partial charge in [-0.2, -0.15) is 0 Å². The molecule has 0 atom stereocenters. The third-order valence-electron chi connectivity index (χ3n) is 4.61. The van der Waals surface area contributed by atoms with Crippen LogP contribution in [-0.2, 0) is 24.3 Å². The SMILES string of the molecule is CCn1c(=O)n(CC(=O)Nc2ncc(Cc3cccc(F)c3)s2)c2ccccc21. The molecular formula is C21H19FN4O2S. The summed E-state index contributed by atoms with van der Waals surface area (Å²) in [7, 11) is 0. The molecule has 0 bridgehead atoms. The Balaban J connectivity index is 1.49. The van der Waals surface area contributed by atoms with Gasteiger partial charge in [-0.05, 0) is 36.8 Å². The molecule has 4 rings (SSSR count). The Morgan fingerprint density at radius 2 is 1.90 bits per heavy atom. The second-order valence-corrected chi connectivity index (χ2v) is 7.70. The number of halogens is 1. The summed E-state index contributed by atoms with van der Waals surface area (Å²) in [6.45, 7) is 2.34. The van der Waals surface area contributed by atoms with Crippen molar-refractivity contribution in [3.8, 4) is 0 Å². The minimum absolute atomic E-state index is 0.0921. The fraction of sp³-hybridized carbons (Fsp3) is 0.190. The highest BCUT2D eigenvalue weighted by molar-refractivity contribution is 7.15. The van der Waals surface area contributed by atoms with Gasteiger partial charge in [0, 0.05) is 24.0 Å². The third kappa shape index (κ3) is 3.97. The van der Waals surface area contributed by atoms with Crippen molar-refractivity contribution in [2.45, 2.75) is 26.4 Å². The van der Waals surface area contributed by atoms with Gasteiger partial charge in [0.15, 0.2) is 5.13 Å². The third-order valence-corrected chi connectivity index (χ3v) is 5.52. The van der Waals surface area contributed by atoms with Crippen LogP contribution >= 0.6 is 11.3 Å². The van der Waals surface area contributed by atoms with E-state index in [-0.39, 0.29) is 24.0 Å². The molecule has 0 saturated heterocycles. The summed E-state index contributed by atoms with van der Waals surface area (Å²) in [6.07, 6.45) is 2.20. The molecule has 8 heteroatoms. The van der Waals surface area contributed by atoms with Gasteiger partial charge in [0.2, 0.25) is 5.91 Å². The van der Waals surface area contributed by atoms with Crippen molar-refractivity contribution >= 4 is 33.4 Å². The number of carbonyl (C=O) groups excluding carboxylic acids is 1. The maximum Gasteiger partial charge on any atom is 0.329 e. The van der Waals surface area contributed by atoms with Crippen molar-refractivity contribution in [3.63, 3.8) is 0 Å². The molecule has 0 spiro atoms. The number of aromatic nitrogens is 3. The molecule has 2 aromatic carbocycles. The maximum absolute atomic E-state index is 13.3. The number of fused-ring (bicyclic) bond motifs is 1. The lowest BCUT2D eigenvalue weighted by atomic mass is 10.1. The average Bonchev–Trinajstić information content (AvgIpc) is 3.24. The Morgan fingerprint density at radius 3 is 2.62 bits per heavy atom. The first kappa shape index (κ1) is 19.1. The van der Waals surface area contributed by atoms with E-state index < -0.39 is 0 Å². The lowest BCUT2D eigenvalue weighted by molar-refractivity contribution is -0.116. The fourth-order valence-electron chi connectivity index (χ4n) is 3.33. The second kappa shape index (κ2) is 8.00. The van der Waals surface area contributed by atoms with Gasteiger partial charge < -0.3 is 5.32 Å². The number of anilines is 1. The van der Waals surface area contributed by atoms with E-state index in [9.17, 15) is 14.0 Å². The molecule has 148 valence electrons. The van der Waals surface area contributed by atoms with Gasteiger partial charge in [0.25, 0.3) is 0 Å².